The zero-order valence-electron chi connectivity index (χ0n) is 14.5. The zero-order valence-corrected chi connectivity index (χ0v) is 14.5. The van der Waals surface area contributed by atoms with Crippen LogP contribution in [0.5, 0.6) is 0 Å². The molecule has 2 N–H and O–H groups in total. The first kappa shape index (κ1) is 19.6. The molecule has 0 aliphatic carbocycles. The van der Waals surface area contributed by atoms with Crippen molar-refractivity contribution in [3.05, 3.63) is 47.9 Å². The van der Waals surface area contributed by atoms with E-state index in [0.717, 1.165) is 25.1 Å². The molecule has 0 spiro atoms. The fraction of sp³-hybridized carbons (Fsp3) is 0.353. The topological polar surface area (TPSA) is 70.2 Å². The van der Waals surface area contributed by atoms with Crippen molar-refractivity contribution in [2.24, 2.45) is 0 Å². The van der Waals surface area contributed by atoms with E-state index in [1.165, 1.54) is 24.5 Å². The van der Waals surface area contributed by atoms with Crippen molar-refractivity contribution in [1.82, 2.24) is 20.2 Å². The van der Waals surface area contributed by atoms with E-state index in [9.17, 15) is 18.0 Å². The second-order valence-electron chi connectivity index (χ2n) is 5.90. The van der Waals surface area contributed by atoms with Gasteiger partial charge in [0.25, 0.3) is 5.91 Å². The minimum absolute atomic E-state index is 0.180. The van der Waals surface area contributed by atoms with Crippen molar-refractivity contribution in [2.75, 3.05) is 32.5 Å². The number of hydrogen-bond acceptors (Lipinski definition) is 5. The van der Waals surface area contributed by atoms with Gasteiger partial charge in [0.2, 0.25) is 0 Å². The summed E-state index contributed by atoms with van der Waals surface area (Å²) in [5, 5.41) is 5.62. The molecule has 0 fully saturated rings. The molecule has 26 heavy (non-hydrogen) atoms. The van der Waals surface area contributed by atoms with Crippen LogP contribution in [0.3, 0.4) is 0 Å². The van der Waals surface area contributed by atoms with E-state index in [0.29, 0.717) is 18.1 Å². The summed E-state index contributed by atoms with van der Waals surface area (Å²) in [7, 11) is 3.90. The lowest BCUT2D eigenvalue weighted by molar-refractivity contribution is -0.137. The fourth-order valence-electron chi connectivity index (χ4n) is 2.13. The number of hydrogen-bond donors (Lipinski definition) is 2. The smallest absolute Gasteiger partial charge is 0.351 e. The molecule has 1 amide bonds. The summed E-state index contributed by atoms with van der Waals surface area (Å²) in [6.45, 7) is 1.37. The third-order valence-corrected chi connectivity index (χ3v) is 3.45. The summed E-state index contributed by atoms with van der Waals surface area (Å²) >= 11 is 0. The summed E-state index contributed by atoms with van der Waals surface area (Å²) in [6.07, 6.45) is -2.35. The molecule has 140 valence electrons. The highest BCUT2D eigenvalue weighted by Gasteiger charge is 2.29. The number of halogens is 3. The van der Waals surface area contributed by atoms with Crippen molar-refractivity contribution in [1.29, 1.82) is 0 Å². The highest BCUT2D eigenvalue weighted by atomic mass is 19.4. The molecule has 0 atom stereocenters. The largest absolute Gasteiger partial charge is 0.416 e. The Labute approximate surface area is 149 Å². The molecule has 6 nitrogen and oxygen atoms in total. The first-order chi connectivity index (χ1) is 12.3. The molecule has 0 aliphatic rings. The first-order valence-corrected chi connectivity index (χ1v) is 7.95. The second-order valence-corrected chi connectivity index (χ2v) is 5.90. The van der Waals surface area contributed by atoms with Gasteiger partial charge < -0.3 is 15.5 Å². The maximum Gasteiger partial charge on any atom is 0.416 e. The Morgan fingerprint density at radius 1 is 1.15 bits per heavy atom. The normalized spacial score (nSPS) is 11.5. The van der Waals surface area contributed by atoms with Crippen LogP contribution in [0.4, 0.5) is 24.7 Å². The van der Waals surface area contributed by atoms with E-state index in [4.69, 9.17) is 0 Å². The van der Waals surface area contributed by atoms with Gasteiger partial charge in [-0.05, 0) is 51.3 Å². The number of carbonyl (C=O) groups excluding carboxylic acids is 1. The van der Waals surface area contributed by atoms with E-state index < -0.39 is 11.7 Å². The zero-order chi connectivity index (χ0) is 19.2. The predicted molar refractivity (Wildman–Crippen MR) is 92.3 cm³/mol. The highest BCUT2D eigenvalue weighted by molar-refractivity contribution is 5.92. The van der Waals surface area contributed by atoms with Gasteiger partial charge >= 0.3 is 6.18 Å². The monoisotopic (exact) mass is 367 g/mol. The van der Waals surface area contributed by atoms with Crippen LogP contribution in [0.25, 0.3) is 0 Å². The van der Waals surface area contributed by atoms with E-state index in [-0.39, 0.29) is 11.6 Å². The van der Waals surface area contributed by atoms with Crippen LogP contribution in [-0.2, 0) is 6.18 Å². The van der Waals surface area contributed by atoms with Crippen LogP contribution in [0.2, 0.25) is 0 Å². The molecule has 0 bridgehead atoms. The van der Waals surface area contributed by atoms with Gasteiger partial charge in [-0.15, -0.1) is 0 Å². The number of amides is 1. The third-order valence-electron chi connectivity index (χ3n) is 3.45. The van der Waals surface area contributed by atoms with E-state index in [1.807, 2.05) is 19.0 Å². The Balaban J connectivity index is 1.97. The Hall–Kier alpha value is -2.68. The second kappa shape index (κ2) is 8.61. The molecule has 1 aromatic heterocycles. The van der Waals surface area contributed by atoms with Crippen molar-refractivity contribution < 1.29 is 18.0 Å². The summed E-state index contributed by atoms with van der Waals surface area (Å²) in [5.74, 6) is -0.0141. The van der Waals surface area contributed by atoms with Crippen LogP contribution in [0, 0.1) is 0 Å². The SMILES string of the molecule is CN(C)CCCNC(=O)c1cc(Nc2ccc(C(F)(F)F)cc2)ncn1. The van der Waals surface area contributed by atoms with E-state index >= 15 is 0 Å². The Morgan fingerprint density at radius 2 is 1.85 bits per heavy atom. The Morgan fingerprint density at radius 3 is 2.46 bits per heavy atom. The van der Waals surface area contributed by atoms with E-state index in [2.05, 4.69) is 20.6 Å². The van der Waals surface area contributed by atoms with Gasteiger partial charge in [0, 0.05) is 18.3 Å². The van der Waals surface area contributed by atoms with Crippen LogP contribution in [0.1, 0.15) is 22.5 Å². The van der Waals surface area contributed by atoms with Crippen LogP contribution >= 0.6 is 0 Å². The van der Waals surface area contributed by atoms with Gasteiger partial charge in [0.05, 0.1) is 5.56 Å². The number of alkyl halides is 3. The molecule has 0 saturated heterocycles. The van der Waals surface area contributed by atoms with E-state index in [1.54, 1.807) is 0 Å². The van der Waals surface area contributed by atoms with Gasteiger partial charge in [-0.25, -0.2) is 9.97 Å². The van der Waals surface area contributed by atoms with Gasteiger partial charge in [-0.2, -0.15) is 13.2 Å². The molecular formula is C17H20F3N5O. The number of carbonyl (C=O) groups is 1. The maximum absolute atomic E-state index is 12.6. The van der Waals surface area contributed by atoms with Gasteiger partial charge in [0.15, 0.2) is 0 Å². The number of nitrogens with one attached hydrogen (secondary N) is 2. The van der Waals surface area contributed by atoms with Crippen LogP contribution in [0.15, 0.2) is 36.7 Å². The fourth-order valence-corrected chi connectivity index (χ4v) is 2.13. The summed E-state index contributed by atoms with van der Waals surface area (Å²) < 4.78 is 37.7. The third kappa shape index (κ3) is 5.99. The lowest BCUT2D eigenvalue weighted by atomic mass is 10.2. The van der Waals surface area contributed by atoms with Crippen molar-refractivity contribution in [3.8, 4) is 0 Å². The number of benzene rings is 1. The molecule has 1 aromatic carbocycles. The average molecular weight is 367 g/mol. The van der Waals surface area contributed by atoms with Crippen molar-refractivity contribution in [3.63, 3.8) is 0 Å². The predicted octanol–water partition coefficient (Wildman–Crippen LogP) is 2.92. The number of anilines is 2. The Kier molecular flexibility index (Phi) is 6.51. The number of aromatic nitrogens is 2. The molecule has 2 rings (SSSR count). The lowest BCUT2D eigenvalue weighted by Gasteiger charge is -2.11. The quantitative estimate of drug-likeness (QED) is 0.737. The lowest BCUT2D eigenvalue weighted by Crippen LogP contribution is -2.27. The summed E-state index contributed by atoms with van der Waals surface area (Å²) in [5.41, 5.74) is -0.128. The number of rotatable bonds is 7. The standard InChI is InChI=1S/C17H20F3N5O/c1-25(2)9-3-8-21-16(26)14-10-15(23-11-22-14)24-13-6-4-12(5-7-13)17(18,19)20/h4-7,10-11H,3,8-9H2,1-2H3,(H,21,26)(H,22,23,24). The van der Waals surface area contributed by atoms with Gasteiger partial charge in [-0.3, -0.25) is 4.79 Å². The molecule has 0 unspecified atom stereocenters. The van der Waals surface area contributed by atoms with Gasteiger partial charge in [-0.1, -0.05) is 0 Å². The highest BCUT2D eigenvalue weighted by Crippen LogP contribution is 2.30. The summed E-state index contributed by atoms with van der Waals surface area (Å²) in [6, 6.07) is 5.99. The molecule has 1 heterocycles. The first-order valence-electron chi connectivity index (χ1n) is 7.95. The molecule has 0 saturated carbocycles. The van der Waals surface area contributed by atoms with Crippen molar-refractivity contribution >= 4 is 17.4 Å². The number of nitrogens with zero attached hydrogens (tertiary/aromatic N) is 3. The van der Waals surface area contributed by atoms with Crippen LogP contribution in [-0.4, -0.2) is 48.0 Å². The minimum atomic E-state index is -4.38. The molecule has 2 aromatic rings. The van der Waals surface area contributed by atoms with Gasteiger partial charge in [0.1, 0.15) is 17.8 Å². The molecule has 0 radical (unpaired) electrons. The van der Waals surface area contributed by atoms with Crippen molar-refractivity contribution in [2.45, 2.75) is 12.6 Å². The molecular weight excluding hydrogens is 347 g/mol. The maximum atomic E-state index is 12.6. The molecule has 9 heteroatoms. The minimum Gasteiger partial charge on any atom is -0.351 e. The molecule has 0 aliphatic heterocycles. The Bertz CT molecular complexity index is 732. The van der Waals surface area contributed by atoms with Crippen LogP contribution < -0.4 is 10.6 Å². The average Bonchev–Trinajstić information content (AvgIpc) is 2.58. The summed E-state index contributed by atoms with van der Waals surface area (Å²) in [4.78, 5) is 22.0.